The van der Waals surface area contributed by atoms with Crippen LogP contribution in [0.3, 0.4) is 0 Å². The zero-order valence-electron chi connectivity index (χ0n) is 14.8. The third-order valence-corrected chi connectivity index (χ3v) is 4.94. The van der Waals surface area contributed by atoms with E-state index in [4.69, 9.17) is 5.11 Å². The van der Waals surface area contributed by atoms with Crippen molar-refractivity contribution in [3.8, 4) is 5.69 Å². The number of rotatable bonds is 6. The fourth-order valence-electron chi connectivity index (χ4n) is 3.36. The summed E-state index contributed by atoms with van der Waals surface area (Å²) in [7, 11) is 0. The van der Waals surface area contributed by atoms with Crippen LogP contribution in [0.15, 0.2) is 43.1 Å². The minimum absolute atomic E-state index is 0.0102. The molecule has 1 heterocycles. The Hall–Kier alpha value is -3.10. The van der Waals surface area contributed by atoms with Gasteiger partial charge in [-0.25, -0.2) is 9.48 Å². The fraction of sp³-hybridized carbons (Fsp3) is 0.316. The van der Waals surface area contributed by atoms with Gasteiger partial charge in [0.25, 0.3) is 0 Å². The van der Waals surface area contributed by atoms with E-state index in [0.717, 1.165) is 19.3 Å². The van der Waals surface area contributed by atoms with Crippen LogP contribution < -0.4 is 5.32 Å². The number of aromatic carboxylic acids is 1. The number of nitrogens with one attached hydrogen (secondary N) is 1. The Balaban J connectivity index is 1.94. The van der Waals surface area contributed by atoms with E-state index in [-0.39, 0.29) is 11.6 Å². The topological polar surface area (TPSA) is 84.2 Å². The summed E-state index contributed by atoms with van der Waals surface area (Å²) in [6.45, 7) is 3.67. The van der Waals surface area contributed by atoms with Crippen molar-refractivity contribution in [3.05, 3.63) is 54.4 Å². The number of carboxylic acid groups (broad SMARTS) is 1. The van der Waals surface area contributed by atoms with Crippen molar-refractivity contribution < 1.29 is 27.9 Å². The van der Waals surface area contributed by atoms with Crippen LogP contribution in [0.4, 0.5) is 18.9 Å². The lowest BCUT2D eigenvalue weighted by Crippen LogP contribution is -2.41. The minimum atomic E-state index is -4.91. The van der Waals surface area contributed by atoms with Crippen LogP contribution in [0.1, 0.15) is 41.7 Å². The Bertz CT molecular complexity index is 930. The van der Waals surface area contributed by atoms with Gasteiger partial charge in [-0.05, 0) is 37.5 Å². The monoisotopic (exact) mass is 393 g/mol. The number of alkyl halides is 3. The molecule has 9 heteroatoms. The molecule has 0 bridgehead atoms. The van der Waals surface area contributed by atoms with Crippen molar-refractivity contribution in [2.45, 2.75) is 31.9 Å². The molecule has 1 aliphatic carbocycles. The molecule has 0 spiro atoms. The third kappa shape index (κ3) is 3.51. The number of carbonyl (C=O) groups is 2. The van der Waals surface area contributed by atoms with E-state index in [9.17, 15) is 22.8 Å². The quantitative estimate of drug-likeness (QED) is 0.718. The van der Waals surface area contributed by atoms with Crippen molar-refractivity contribution in [3.63, 3.8) is 0 Å². The van der Waals surface area contributed by atoms with Crippen LogP contribution in [0.25, 0.3) is 5.69 Å². The molecule has 0 saturated heterocycles. The largest absolute Gasteiger partial charge is 0.478 e. The molecule has 2 N–H and O–H groups in total. The van der Waals surface area contributed by atoms with Gasteiger partial charge in [-0.1, -0.05) is 18.6 Å². The lowest BCUT2D eigenvalue weighted by molar-refractivity contribution is -0.143. The van der Waals surface area contributed by atoms with E-state index in [2.05, 4.69) is 17.0 Å². The first kappa shape index (κ1) is 19.7. The van der Waals surface area contributed by atoms with Gasteiger partial charge in [0, 0.05) is 5.69 Å². The van der Waals surface area contributed by atoms with Crippen molar-refractivity contribution in [1.82, 2.24) is 9.78 Å². The molecule has 0 aliphatic heterocycles. The van der Waals surface area contributed by atoms with Crippen LogP contribution in [-0.4, -0.2) is 26.8 Å². The first-order valence-corrected chi connectivity index (χ1v) is 8.59. The average Bonchev–Trinajstić information content (AvgIpc) is 3.04. The molecule has 0 atom stereocenters. The molecule has 148 valence electrons. The lowest BCUT2D eigenvalue weighted by Gasteiger charge is -2.39. The summed E-state index contributed by atoms with van der Waals surface area (Å²) in [6.07, 6.45) is 0.336. The number of carbonyl (C=O) groups excluding carboxylic acids is 1. The Morgan fingerprint density at radius 3 is 2.61 bits per heavy atom. The number of hydrogen-bond donors (Lipinski definition) is 2. The summed E-state index contributed by atoms with van der Waals surface area (Å²) in [5, 5.41) is 15.3. The number of carboxylic acids is 1. The van der Waals surface area contributed by atoms with Gasteiger partial charge in [0.15, 0.2) is 5.69 Å². The number of nitrogens with zero attached hydrogens (tertiary/aromatic N) is 2. The summed E-state index contributed by atoms with van der Waals surface area (Å²) in [6, 6.07) is 5.70. The van der Waals surface area contributed by atoms with E-state index in [1.165, 1.54) is 18.2 Å². The number of hydrogen-bond acceptors (Lipinski definition) is 3. The molecular formula is C19H18F3N3O3. The summed E-state index contributed by atoms with van der Waals surface area (Å²) >= 11 is 0. The molecular weight excluding hydrogens is 375 g/mol. The van der Waals surface area contributed by atoms with Gasteiger partial charge in [-0.2, -0.15) is 18.3 Å². The van der Waals surface area contributed by atoms with E-state index in [0.29, 0.717) is 23.0 Å². The van der Waals surface area contributed by atoms with Crippen LogP contribution in [0.5, 0.6) is 0 Å². The summed E-state index contributed by atoms with van der Waals surface area (Å²) < 4.78 is 40.7. The van der Waals surface area contributed by atoms with E-state index in [1.807, 2.05) is 0 Å². The highest BCUT2D eigenvalue weighted by Gasteiger charge is 2.43. The van der Waals surface area contributed by atoms with Gasteiger partial charge < -0.3 is 10.4 Å². The number of halogens is 3. The van der Waals surface area contributed by atoms with Gasteiger partial charge in [0.05, 0.1) is 17.3 Å². The molecule has 1 aliphatic rings. The number of amides is 1. The highest BCUT2D eigenvalue weighted by Crippen LogP contribution is 2.45. The van der Waals surface area contributed by atoms with Crippen LogP contribution in [-0.2, 0) is 11.0 Å². The van der Waals surface area contributed by atoms with Crippen LogP contribution in [0.2, 0.25) is 0 Å². The predicted molar refractivity (Wildman–Crippen MR) is 95.3 cm³/mol. The molecule has 1 fully saturated rings. The van der Waals surface area contributed by atoms with Crippen molar-refractivity contribution in [2.75, 3.05) is 5.32 Å². The zero-order chi connectivity index (χ0) is 20.5. The molecule has 0 unspecified atom stereocenters. The molecule has 1 aromatic carbocycles. The maximum absolute atomic E-state index is 13.4. The van der Waals surface area contributed by atoms with Gasteiger partial charge in [-0.15, -0.1) is 6.58 Å². The smallest absolute Gasteiger partial charge is 0.434 e. The van der Waals surface area contributed by atoms with Crippen LogP contribution in [0, 0.1) is 5.41 Å². The summed E-state index contributed by atoms with van der Waals surface area (Å²) in [5.41, 5.74) is -2.56. The van der Waals surface area contributed by atoms with Gasteiger partial charge in [-0.3, -0.25) is 4.79 Å². The molecule has 0 radical (unpaired) electrons. The average molecular weight is 393 g/mol. The van der Waals surface area contributed by atoms with Crippen LogP contribution >= 0.6 is 0 Å². The molecule has 6 nitrogen and oxygen atoms in total. The normalized spacial score (nSPS) is 15.5. The Morgan fingerprint density at radius 2 is 2.07 bits per heavy atom. The maximum atomic E-state index is 13.4. The number of anilines is 1. The predicted octanol–water partition coefficient (Wildman–Crippen LogP) is 4.27. The van der Waals surface area contributed by atoms with Crippen molar-refractivity contribution in [2.24, 2.45) is 5.41 Å². The Kier molecular flexibility index (Phi) is 5.01. The zero-order valence-corrected chi connectivity index (χ0v) is 14.8. The molecule has 1 amide bonds. The van der Waals surface area contributed by atoms with Crippen molar-refractivity contribution >= 4 is 17.6 Å². The molecule has 1 aromatic heterocycles. The first-order valence-electron chi connectivity index (χ1n) is 8.59. The first-order chi connectivity index (χ1) is 13.2. The maximum Gasteiger partial charge on any atom is 0.434 e. The van der Waals surface area contributed by atoms with Gasteiger partial charge in [0.2, 0.25) is 5.91 Å². The second kappa shape index (κ2) is 7.14. The van der Waals surface area contributed by atoms with Crippen molar-refractivity contribution in [1.29, 1.82) is 0 Å². The molecule has 3 rings (SSSR count). The van der Waals surface area contributed by atoms with E-state index >= 15 is 0 Å². The molecule has 1 saturated carbocycles. The standard InChI is InChI=1S/C19H18F3N3O3/c1-2-7-18(8-4-9-18)17(28)24-12-5-3-6-13(10-12)25-15(19(20,21)22)14(11-23-25)16(26)27/h2-3,5-6,10-11H,1,4,7-9H2,(H,24,28)(H,26,27). The lowest BCUT2D eigenvalue weighted by atomic mass is 9.66. The third-order valence-electron chi connectivity index (χ3n) is 4.94. The highest BCUT2D eigenvalue weighted by molar-refractivity contribution is 5.96. The Morgan fingerprint density at radius 1 is 1.36 bits per heavy atom. The highest BCUT2D eigenvalue weighted by atomic mass is 19.4. The SMILES string of the molecule is C=CCC1(C(=O)Nc2cccc(-n3ncc(C(=O)O)c3C(F)(F)F)c2)CCC1. The second-order valence-electron chi connectivity index (χ2n) is 6.75. The second-order valence-corrected chi connectivity index (χ2v) is 6.75. The summed E-state index contributed by atoms with van der Waals surface area (Å²) in [4.78, 5) is 23.8. The minimum Gasteiger partial charge on any atom is -0.478 e. The number of allylic oxidation sites excluding steroid dienone is 1. The molecule has 28 heavy (non-hydrogen) atoms. The van der Waals surface area contributed by atoms with E-state index < -0.39 is 28.8 Å². The van der Waals surface area contributed by atoms with Gasteiger partial charge >= 0.3 is 12.1 Å². The number of aromatic nitrogens is 2. The number of benzene rings is 1. The summed E-state index contributed by atoms with van der Waals surface area (Å²) in [5.74, 6) is -1.93. The Labute approximate surface area is 158 Å². The molecule has 2 aromatic rings. The van der Waals surface area contributed by atoms with E-state index in [1.54, 1.807) is 12.1 Å². The van der Waals surface area contributed by atoms with Gasteiger partial charge in [0.1, 0.15) is 5.56 Å². The fourth-order valence-corrected chi connectivity index (χ4v) is 3.36.